The summed E-state index contributed by atoms with van der Waals surface area (Å²) in [7, 11) is 3.69. The molecule has 1 saturated heterocycles. The number of nitrogens with one attached hydrogen (secondary N) is 1. The molecule has 0 spiro atoms. The van der Waals surface area contributed by atoms with Crippen LogP contribution in [0.3, 0.4) is 0 Å². The fraction of sp³-hybridized carbons (Fsp3) is 0.944. The molecule has 3 atom stereocenters. The van der Waals surface area contributed by atoms with Crippen LogP contribution in [0.4, 0.5) is 4.79 Å². The normalized spacial score (nSPS) is 36.6. The van der Waals surface area contributed by atoms with Crippen molar-refractivity contribution in [3.05, 3.63) is 0 Å². The van der Waals surface area contributed by atoms with E-state index in [-0.39, 0.29) is 23.1 Å². The van der Waals surface area contributed by atoms with Gasteiger partial charge in [-0.2, -0.15) is 0 Å². The Morgan fingerprint density at radius 2 is 2.00 bits per heavy atom. The first-order valence-electron chi connectivity index (χ1n) is 9.07. The zero-order valence-corrected chi connectivity index (χ0v) is 15.4. The average Bonchev–Trinajstić information content (AvgIpc) is 3.22. The van der Waals surface area contributed by atoms with E-state index in [9.17, 15) is 4.79 Å². The monoisotopic (exact) mass is 323 g/mol. The van der Waals surface area contributed by atoms with Crippen LogP contribution < -0.4 is 5.32 Å². The number of amides is 2. The van der Waals surface area contributed by atoms with Crippen molar-refractivity contribution in [2.45, 2.75) is 64.1 Å². The molecule has 5 nitrogen and oxygen atoms in total. The summed E-state index contributed by atoms with van der Waals surface area (Å²) in [6, 6.07) is 0.608. The maximum atomic E-state index is 12.6. The first kappa shape index (κ1) is 17.0. The Bertz CT molecular complexity index is 463. The Balaban J connectivity index is 1.49. The van der Waals surface area contributed by atoms with Crippen molar-refractivity contribution < 1.29 is 9.53 Å². The molecule has 2 aliphatic carbocycles. The molecule has 1 aliphatic heterocycles. The lowest BCUT2D eigenvalue weighted by molar-refractivity contribution is -0.198. The van der Waals surface area contributed by atoms with Crippen molar-refractivity contribution in [1.29, 1.82) is 0 Å². The van der Waals surface area contributed by atoms with Gasteiger partial charge in [-0.15, -0.1) is 0 Å². The number of nitrogens with zero attached hydrogens (tertiary/aromatic N) is 2. The first-order valence-corrected chi connectivity index (χ1v) is 9.07. The van der Waals surface area contributed by atoms with Gasteiger partial charge in [-0.25, -0.2) is 4.79 Å². The molecule has 5 heteroatoms. The van der Waals surface area contributed by atoms with E-state index in [1.807, 2.05) is 11.9 Å². The van der Waals surface area contributed by atoms with Crippen LogP contribution in [0.1, 0.15) is 46.5 Å². The number of ether oxygens (including phenoxy) is 1. The minimum absolute atomic E-state index is 0.0263. The Hall–Kier alpha value is -0.810. The minimum Gasteiger partial charge on any atom is -0.378 e. The number of rotatable bonds is 5. The van der Waals surface area contributed by atoms with E-state index in [2.05, 4.69) is 31.0 Å². The molecule has 2 amide bonds. The number of hydrogen-bond donors (Lipinski definition) is 1. The highest BCUT2D eigenvalue weighted by Crippen LogP contribution is 2.53. The lowest BCUT2D eigenvalue weighted by atomic mass is 9.55. The molecule has 0 bridgehead atoms. The quantitative estimate of drug-likeness (QED) is 0.844. The van der Waals surface area contributed by atoms with E-state index in [0.717, 1.165) is 31.8 Å². The van der Waals surface area contributed by atoms with Crippen LogP contribution in [0, 0.1) is 11.3 Å². The molecule has 0 aromatic rings. The maximum absolute atomic E-state index is 12.6. The van der Waals surface area contributed by atoms with E-state index in [1.165, 1.54) is 19.4 Å². The molecule has 3 rings (SSSR count). The highest BCUT2D eigenvalue weighted by Gasteiger charge is 2.59. The number of urea groups is 1. The number of carbonyl (C=O) groups is 1. The molecular formula is C18H33N3O2. The number of likely N-dealkylation sites (tertiary alicyclic amines) is 1. The van der Waals surface area contributed by atoms with Crippen molar-refractivity contribution in [2.24, 2.45) is 11.3 Å². The predicted octanol–water partition coefficient (Wildman–Crippen LogP) is 2.32. The van der Waals surface area contributed by atoms with E-state index in [4.69, 9.17) is 4.74 Å². The van der Waals surface area contributed by atoms with Gasteiger partial charge in [-0.1, -0.05) is 13.8 Å². The highest BCUT2D eigenvalue weighted by atomic mass is 16.5. The summed E-state index contributed by atoms with van der Waals surface area (Å²) in [4.78, 5) is 17.0. The topological polar surface area (TPSA) is 44.8 Å². The van der Waals surface area contributed by atoms with E-state index < -0.39 is 0 Å². The third kappa shape index (κ3) is 3.10. The van der Waals surface area contributed by atoms with Gasteiger partial charge >= 0.3 is 6.03 Å². The summed E-state index contributed by atoms with van der Waals surface area (Å²) >= 11 is 0. The summed E-state index contributed by atoms with van der Waals surface area (Å²) in [6.07, 6.45) is 4.77. The molecule has 1 heterocycles. The summed E-state index contributed by atoms with van der Waals surface area (Å²) < 4.78 is 5.67. The lowest BCUT2D eigenvalue weighted by Crippen LogP contribution is -2.69. The maximum Gasteiger partial charge on any atom is 0.317 e. The SMILES string of the molecule is CO[C@]1(C)C[C@@H](N(C)C(=O)N[C@@H]2CCN(CC3CC3)C2)C1(C)C. The predicted molar refractivity (Wildman–Crippen MR) is 91.5 cm³/mol. The van der Waals surface area contributed by atoms with Gasteiger partial charge in [0.25, 0.3) is 0 Å². The van der Waals surface area contributed by atoms with Crippen LogP contribution in [0.5, 0.6) is 0 Å². The minimum atomic E-state index is -0.138. The van der Waals surface area contributed by atoms with Crippen molar-refractivity contribution in [1.82, 2.24) is 15.1 Å². The highest BCUT2D eigenvalue weighted by molar-refractivity contribution is 5.75. The summed E-state index contributed by atoms with van der Waals surface area (Å²) in [5, 5.41) is 3.24. The van der Waals surface area contributed by atoms with Crippen LogP contribution >= 0.6 is 0 Å². The second-order valence-corrected chi connectivity index (χ2v) is 8.63. The first-order chi connectivity index (χ1) is 10.8. The summed E-state index contributed by atoms with van der Waals surface area (Å²) in [5.74, 6) is 0.926. The van der Waals surface area contributed by atoms with Gasteiger partial charge in [0.1, 0.15) is 0 Å². The molecule has 2 saturated carbocycles. The van der Waals surface area contributed by atoms with Gasteiger partial charge in [-0.3, -0.25) is 0 Å². The lowest BCUT2D eigenvalue weighted by Gasteiger charge is -2.61. The second-order valence-electron chi connectivity index (χ2n) is 8.63. The van der Waals surface area contributed by atoms with Crippen LogP contribution in [-0.2, 0) is 4.74 Å². The van der Waals surface area contributed by atoms with Crippen molar-refractivity contribution in [3.8, 4) is 0 Å². The van der Waals surface area contributed by atoms with E-state index in [0.29, 0.717) is 6.04 Å². The third-order valence-corrected chi connectivity index (χ3v) is 6.83. The number of methoxy groups -OCH3 is 1. The van der Waals surface area contributed by atoms with Gasteiger partial charge in [0.15, 0.2) is 0 Å². The zero-order chi connectivity index (χ0) is 16.8. The molecule has 23 heavy (non-hydrogen) atoms. The van der Waals surface area contributed by atoms with Gasteiger partial charge < -0.3 is 19.9 Å². The standard InChI is InChI=1S/C18H33N3O2/c1-17(2)15(10-18(17,3)23-5)20(4)16(22)19-14-8-9-21(12-14)11-13-6-7-13/h13-15H,6-12H2,1-5H3,(H,19,22)/t14-,15-,18-/m1/s1. The van der Waals surface area contributed by atoms with Crippen molar-refractivity contribution in [3.63, 3.8) is 0 Å². The Kier molecular flexibility index (Phi) is 4.38. The largest absolute Gasteiger partial charge is 0.378 e. The van der Waals surface area contributed by atoms with Gasteiger partial charge in [0.2, 0.25) is 0 Å². The molecule has 0 aromatic carbocycles. The Morgan fingerprint density at radius 1 is 1.30 bits per heavy atom. The zero-order valence-electron chi connectivity index (χ0n) is 15.4. The molecule has 0 aromatic heterocycles. The average molecular weight is 323 g/mol. The van der Waals surface area contributed by atoms with Crippen LogP contribution in [0.25, 0.3) is 0 Å². The molecule has 132 valence electrons. The molecule has 0 radical (unpaired) electrons. The number of hydrogen-bond acceptors (Lipinski definition) is 3. The van der Waals surface area contributed by atoms with Gasteiger partial charge in [-0.05, 0) is 38.5 Å². The number of carbonyl (C=O) groups excluding carboxylic acids is 1. The molecule has 3 fully saturated rings. The van der Waals surface area contributed by atoms with Gasteiger partial charge in [0.05, 0.1) is 5.60 Å². The van der Waals surface area contributed by atoms with Crippen LogP contribution in [-0.4, -0.2) is 67.3 Å². The summed E-state index contributed by atoms with van der Waals surface area (Å²) in [6.45, 7) is 9.90. The van der Waals surface area contributed by atoms with Crippen LogP contribution in [0.15, 0.2) is 0 Å². The molecule has 3 aliphatic rings. The molecule has 0 unspecified atom stereocenters. The molecular weight excluding hydrogens is 290 g/mol. The fourth-order valence-corrected chi connectivity index (χ4v) is 4.28. The van der Waals surface area contributed by atoms with E-state index in [1.54, 1.807) is 7.11 Å². The van der Waals surface area contributed by atoms with E-state index >= 15 is 0 Å². The smallest absolute Gasteiger partial charge is 0.317 e. The third-order valence-electron chi connectivity index (χ3n) is 6.83. The van der Waals surface area contributed by atoms with Crippen LogP contribution in [0.2, 0.25) is 0 Å². The fourth-order valence-electron chi connectivity index (χ4n) is 4.28. The Morgan fingerprint density at radius 3 is 2.57 bits per heavy atom. The molecule has 1 N–H and O–H groups in total. The van der Waals surface area contributed by atoms with Gasteiger partial charge in [0, 0.05) is 51.3 Å². The Labute approximate surface area is 140 Å². The second kappa shape index (κ2) is 5.92. The van der Waals surface area contributed by atoms with Crippen molar-refractivity contribution in [2.75, 3.05) is 33.8 Å². The van der Waals surface area contributed by atoms with Crippen molar-refractivity contribution >= 4 is 6.03 Å². The summed E-state index contributed by atoms with van der Waals surface area (Å²) in [5.41, 5.74) is -0.165.